The third-order valence-electron chi connectivity index (χ3n) is 2.97. The van der Waals surface area contributed by atoms with E-state index in [9.17, 15) is 4.79 Å². The lowest BCUT2D eigenvalue weighted by Crippen LogP contribution is -2.11. The summed E-state index contributed by atoms with van der Waals surface area (Å²) in [6.45, 7) is 0. The Morgan fingerprint density at radius 2 is 2.05 bits per heavy atom. The van der Waals surface area contributed by atoms with Crippen molar-refractivity contribution in [2.24, 2.45) is 0 Å². The number of amides is 1. The number of nitrogen functional groups attached to an aromatic ring is 1. The predicted molar refractivity (Wildman–Crippen MR) is 82.8 cm³/mol. The van der Waals surface area contributed by atoms with Gasteiger partial charge in [-0.3, -0.25) is 4.79 Å². The van der Waals surface area contributed by atoms with Crippen LogP contribution in [0, 0.1) is 0 Å². The summed E-state index contributed by atoms with van der Waals surface area (Å²) < 4.78 is 5.07. The van der Waals surface area contributed by atoms with E-state index in [-0.39, 0.29) is 5.91 Å². The third-order valence-corrected chi connectivity index (χ3v) is 4.08. The Kier molecular flexibility index (Phi) is 3.41. The van der Waals surface area contributed by atoms with Crippen molar-refractivity contribution in [1.29, 1.82) is 0 Å². The maximum Gasteiger partial charge on any atom is 0.267 e. The number of fused-ring (bicyclic) bond motifs is 1. The molecule has 0 saturated heterocycles. The molecule has 1 amide bonds. The quantitative estimate of drug-likeness (QED) is 0.775. The smallest absolute Gasteiger partial charge is 0.267 e. The maximum absolute atomic E-state index is 12.3. The standard InChI is InChI=1S/C14H12N4O2S/c1-20-9-4-2-8(3-5-9)17-13(19)12-11(15)10-6-7-16-18-14(10)21-12/h2-7H,15H2,1H3,(H,17,19). The molecule has 0 aliphatic carbocycles. The van der Waals surface area contributed by atoms with Crippen molar-refractivity contribution >= 4 is 38.8 Å². The van der Waals surface area contributed by atoms with Gasteiger partial charge < -0.3 is 15.8 Å². The van der Waals surface area contributed by atoms with Crippen LogP contribution in [-0.2, 0) is 0 Å². The molecule has 6 nitrogen and oxygen atoms in total. The fourth-order valence-corrected chi connectivity index (χ4v) is 2.84. The number of ether oxygens (including phenoxy) is 1. The Balaban J connectivity index is 1.87. The van der Waals surface area contributed by atoms with Crippen molar-refractivity contribution in [1.82, 2.24) is 10.2 Å². The van der Waals surface area contributed by atoms with Crippen molar-refractivity contribution in [3.63, 3.8) is 0 Å². The second kappa shape index (κ2) is 5.37. The molecule has 2 heterocycles. The summed E-state index contributed by atoms with van der Waals surface area (Å²) in [5, 5.41) is 11.3. The second-order valence-corrected chi connectivity index (χ2v) is 5.28. The number of aromatic nitrogens is 2. The number of nitrogens with zero attached hydrogens (tertiary/aromatic N) is 2. The lowest BCUT2D eigenvalue weighted by molar-refractivity contribution is 0.103. The van der Waals surface area contributed by atoms with E-state index in [1.807, 2.05) is 0 Å². The lowest BCUT2D eigenvalue weighted by Gasteiger charge is -2.05. The molecular formula is C14H12N4O2S. The summed E-state index contributed by atoms with van der Waals surface area (Å²) in [6, 6.07) is 8.82. The first-order chi connectivity index (χ1) is 10.2. The molecule has 1 aromatic carbocycles. The normalized spacial score (nSPS) is 10.5. The van der Waals surface area contributed by atoms with Gasteiger partial charge in [0.05, 0.1) is 19.0 Å². The summed E-state index contributed by atoms with van der Waals surface area (Å²) >= 11 is 1.22. The monoisotopic (exact) mass is 300 g/mol. The molecule has 3 aromatic rings. The van der Waals surface area contributed by atoms with E-state index in [4.69, 9.17) is 10.5 Å². The van der Waals surface area contributed by atoms with Crippen LogP contribution < -0.4 is 15.8 Å². The number of benzene rings is 1. The maximum atomic E-state index is 12.3. The number of nitrogens with two attached hydrogens (primary N) is 1. The van der Waals surface area contributed by atoms with Crippen LogP contribution in [0.15, 0.2) is 36.5 Å². The number of methoxy groups -OCH3 is 1. The average Bonchev–Trinajstić information content (AvgIpc) is 2.86. The average molecular weight is 300 g/mol. The number of hydrogen-bond acceptors (Lipinski definition) is 6. The first kappa shape index (κ1) is 13.3. The molecule has 106 valence electrons. The molecule has 21 heavy (non-hydrogen) atoms. The molecule has 3 rings (SSSR count). The van der Waals surface area contributed by atoms with Crippen LogP contribution in [0.2, 0.25) is 0 Å². The minimum atomic E-state index is -0.263. The van der Waals surface area contributed by atoms with Gasteiger partial charge in [0, 0.05) is 11.1 Å². The summed E-state index contributed by atoms with van der Waals surface area (Å²) in [5.41, 5.74) is 7.10. The summed E-state index contributed by atoms with van der Waals surface area (Å²) in [6.07, 6.45) is 1.55. The van der Waals surface area contributed by atoms with Gasteiger partial charge in [0.25, 0.3) is 5.91 Å². The predicted octanol–water partition coefficient (Wildman–Crippen LogP) is 2.53. The third kappa shape index (κ3) is 2.50. The van der Waals surface area contributed by atoms with E-state index < -0.39 is 0 Å². The van der Waals surface area contributed by atoms with Crippen LogP contribution in [0.25, 0.3) is 10.2 Å². The number of rotatable bonds is 3. The molecule has 0 bridgehead atoms. The van der Waals surface area contributed by atoms with E-state index in [1.165, 1.54) is 11.3 Å². The van der Waals surface area contributed by atoms with E-state index in [2.05, 4.69) is 15.5 Å². The molecule has 0 fully saturated rings. The van der Waals surface area contributed by atoms with Crippen molar-refractivity contribution in [2.45, 2.75) is 0 Å². The Morgan fingerprint density at radius 3 is 2.71 bits per heavy atom. The van der Waals surface area contributed by atoms with Gasteiger partial charge in [-0.25, -0.2) is 0 Å². The van der Waals surface area contributed by atoms with E-state index >= 15 is 0 Å². The molecule has 3 N–H and O–H groups in total. The van der Waals surface area contributed by atoms with Gasteiger partial charge in [0.15, 0.2) is 0 Å². The highest BCUT2D eigenvalue weighted by atomic mass is 32.1. The van der Waals surface area contributed by atoms with Crippen LogP contribution in [0.1, 0.15) is 9.67 Å². The van der Waals surface area contributed by atoms with Crippen LogP contribution in [-0.4, -0.2) is 23.2 Å². The van der Waals surface area contributed by atoms with Crippen LogP contribution >= 0.6 is 11.3 Å². The highest BCUT2D eigenvalue weighted by molar-refractivity contribution is 7.21. The van der Waals surface area contributed by atoms with Gasteiger partial charge in [0.2, 0.25) is 0 Å². The van der Waals surface area contributed by atoms with Gasteiger partial charge in [-0.2, -0.15) is 5.10 Å². The lowest BCUT2D eigenvalue weighted by atomic mass is 10.2. The minimum Gasteiger partial charge on any atom is -0.497 e. The molecule has 0 unspecified atom stereocenters. The zero-order valence-electron chi connectivity index (χ0n) is 11.2. The van der Waals surface area contributed by atoms with E-state index in [0.29, 0.717) is 21.1 Å². The van der Waals surface area contributed by atoms with Gasteiger partial charge in [-0.05, 0) is 30.3 Å². The number of thiophene rings is 1. The Hall–Kier alpha value is -2.67. The van der Waals surface area contributed by atoms with Crippen LogP contribution in [0.5, 0.6) is 5.75 Å². The van der Waals surface area contributed by atoms with Gasteiger partial charge in [-0.15, -0.1) is 16.4 Å². The Morgan fingerprint density at radius 1 is 1.29 bits per heavy atom. The number of carbonyl (C=O) groups is 1. The summed E-state index contributed by atoms with van der Waals surface area (Å²) in [5.74, 6) is 0.463. The molecule has 0 atom stereocenters. The zero-order chi connectivity index (χ0) is 14.8. The highest BCUT2D eigenvalue weighted by Crippen LogP contribution is 2.32. The second-order valence-electron chi connectivity index (χ2n) is 4.28. The summed E-state index contributed by atoms with van der Waals surface area (Å²) in [4.78, 5) is 13.4. The van der Waals surface area contributed by atoms with Crippen molar-refractivity contribution in [3.8, 4) is 5.75 Å². The number of nitrogens with one attached hydrogen (secondary N) is 1. The fourth-order valence-electron chi connectivity index (χ4n) is 1.90. The molecule has 0 aliphatic heterocycles. The molecule has 0 saturated carbocycles. The summed E-state index contributed by atoms with van der Waals surface area (Å²) in [7, 11) is 1.59. The minimum absolute atomic E-state index is 0.263. The first-order valence-electron chi connectivity index (χ1n) is 6.14. The topological polar surface area (TPSA) is 90.1 Å². The highest BCUT2D eigenvalue weighted by Gasteiger charge is 2.17. The van der Waals surface area contributed by atoms with Gasteiger partial charge in [-0.1, -0.05) is 0 Å². The molecule has 2 aromatic heterocycles. The Labute approximate surface area is 124 Å². The fraction of sp³-hybridized carbons (Fsp3) is 0.0714. The van der Waals surface area contributed by atoms with E-state index in [1.54, 1.807) is 43.6 Å². The molecule has 0 spiro atoms. The van der Waals surface area contributed by atoms with Crippen LogP contribution in [0.4, 0.5) is 11.4 Å². The number of carbonyl (C=O) groups excluding carboxylic acids is 1. The first-order valence-corrected chi connectivity index (χ1v) is 6.96. The van der Waals surface area contributed by atoms with Gasteiger partial charge in [0.1, 0.15) is 15.5 Å². The largest absolute Gasteiger partial charge is 0.497 e. The molecular weight excluding hydrogens is 288 g/mol. The van der Waals surface area contributed by atoms with Crippen molar-refractivity contribution in [3.05, 3.63) is 41.4 Å². The number of hydrogen-bond donors (Lipinski definition) is 2. The SMILES string of the molecule is COc1ccc(NC(=O)c2sc3nnccc3c2N)cc1. The zero-order valence-corrected chi connectivity index (χ0v) is 12.0. The molecule has 7 heteroatoms. The Bertz CT molecular complexity index is 798. The van der Waals surface area contributed by atoms with Crippen molar-refractivity contribution in [2.75, 3.05) is 18.2 Å². The van der Waals surface area contributed by atoms with Gasteiger partial charge >= 0.3 is 0 Å². The van der Waals surface area contributed by atoms with Crippen molar-refractivity contribution < 1.29 is 9.53 Å². The van der Waals surface area contributed by atoms with E-state index in [0.717, 1.165) is 11.1 Å². The van der Waals surface area contributed by atoms with Crippen LogP contribution in [0.3, 0.4) is 0 Å². The molecule has 0 radical (unpaired) electrons. The molecule has 0 aliphatic rings. The number of anilines is 2.